The van der Waals surface area contributed by atoms with E-state index in [1.807, 2.05) is 13.8 Å². The maximum absolute atomic E-state index is 13.4. The van der Waals surface area contributed by atoms with Crippen LogP contribution in [-0.2, 0) is 0 Å². The SMILES string of the molecule is CC.CCCN1CC(Oc2ccc(Br)cc2F)C1. The second kappa shape index (κ2) is 7.74. The van der Waals surface area contributed by atoms with Gasteiger partial charge < -0.3 is 4.74 Å². The maximum Gasteiger partial charge on any atom is 0.166 e. The molecular formula is C14H21BrFNO. The van der Waals surface area contributed by atoms with E-state index in [2.05, 4.69) is 27.8 Å². The minimum Gasteiger partial charge on any atom is -0.485 e. The third-order valence-electron chi connectivity index (χ3n) is 2.65. The third-order valence-corrected chi connectivity index (χ3v) is 3.14. The lowest BCUT2D eigenvalue weighted by molar-refractivity contribution is 0.0179. The fourth-order valence-corrected chi connectivity index (χ4v) is 2.18. The van der Waals surface area contributed by atoms with Crippen molar-refractivity contribution in [3.05, 3.63) is 28.5 Å². The van der Waals surface area contributed by atoms with Crippen LogP contribution in [0.25, 0.3) is 0 Å². The average Bonchev–Trinajstić information content (AvgIpc) is 2.32. The molecule has 1 aliphatic heterocycles. The number of likely N-dealkylation sites (tertiary alicyclic amines) is 1. The summed E-state index contributed by atoms with van der Waals surface area (Å²) in [5.41, 5.74) is 0. The zero-order chi connectivity index (χ0) is 13.5. The number of benzene rings is 1. The summed E-state index contributed by atoms with van der Waals surface area (Å²) in [5, 5.41) is 0. The Morgan fingerprint density at radius 2 is 2.06 bits per heavy atom. The Balaban J connectivity index is 0.000000771. The summed E-state index contributed by atoms with van der Waals surface area (Å²) in [5.74, 6) is 0.0488. The highest BCUT2D eigenvalue weighted by molar-refractivity contribution is 9.10. The Labute approximate surface area is 117 Å². The van der Waals surface area contributed by atoms with Crippen LogP contribution in [0.2, 0.25) is 0 Å². The van der Waals surface area contributed by atoms with Gasteiger partial charge in [-0.1, -0.05) is 36.7 Å². The highest BCUT2D eigenvalue weighted by Gasteiger charge is 2.28. The first-order chi connectivity index (χ1) is 8.69. The molecule has 1 aromatic rings. The lowest BCUT2D eigenvalue weighted by Crippen LogP contribution is -2.53. The second-order valence-corrected chi connectivity index (χ2v) is 4.99. The van der Waals surface area contributed by atoms with Crippen LogP contribution in [0.5, 0.6) is 5.75 Å². The van der Waals surface area contributed by atoms with Crippen LogP contribution in [0, 0.1) is 5.82 Å². The normalized spacial score (nSPS) is 15.6. The van der Waals surface area contributed by atoms with Gasteiger partial charge in [-0.05, 0) is 31.2 Å². The predicted octanol–water partition coefficient (Wildman–Crippen LogP) is 4.09. The quantitative estimate of drug-likeness (QED) is 0.829. The maximum atomic E-state index is 13.4. The molecule has 0 saturated carbocycles. The van der Waals surface area contributed by atoms with Crippen molar-refractivity contribution in [2.24, 2.45) is 0 Å². The van der Waals surface area contributed by atoms with Crippen molar-refractivity contribution in [2.45, 2.75) is 33.3 Å². The van der Waals surface area contributed by atoms with Crippen LogP contribution in [0.15, 0.2) is 22.7 Å². The summed E-state index contributed by atoms with van der Waals surface area (Å²) < 4.78 is 19.8. The van der Waals surface area contributed by atoms with E-state index in [9.17, 15) is 4.39 Å². The summed E-state index contributed by atoms with van der Waals surface area (Å²) >= 11 is 3.22. The van der Waals surface area contributed by atoms with Crippen molar-refractivity contribution in [1.29, 1.82) is 0 Å². The van der Waals surface area contributed by atoms with E-state index in [4.69, 9.17) is 4.74 Å². The van der Waals surface area contributed by atoms with Crippen molar-refractivity contribution in [3.63, 3.8) is 0 Å². The summed E-state index contributed by atoms with van der Waals surface area (Å²) in [6.45, 7) is 9.07. The van der Waals surface area contributed by atoms with E-state index in [-0.39, 0.29) is 11.9 Å². The van der Waals surface area contributed by atoms with E-state index in [0.29, 0.717) is 5.75 Å². The molecule has 102 valence electrons. The van der Waals surface area contributed by atoms with Crippen LogP contribution in [0.3, 0.4) is 0 Å². The van der Waals surface area contributed by atoms with Gasteiger partial charge in [-0.15, -0.1) is 0 Å². The fourth-order valence-electron chi connectivity index (χ4n) is 1.85. The van der Waals surface area contributed by atoms with Crippen molar-refractivity contribution in [1.82, 2.24) is 4.90 Å². The molecule has 0 unspecified atom stereocenters. The molecule has 18 heavy (non-hydrogen) atoms. The Kier molecular flexibility index (Phi) is 6.65. The van der Waals surface area contributed by atoms with Gasteiger partial charge in [0.1, 0.15) is 6.10 Å². The molecule has 0 amide bonds. The molecule has 0 aromatic heterocycles. The molecule has 0 spiro atoms. The summed E-state index contributed by atoms with van der Waals surface area (Å²) in [6, 6.07) is 4.89. The number of rotatable bonds is 4. The monoisotopic (exact) mass is 317 g/mol. The van der Waals surface area contributed by atoms with Gasteiger partial charge in [0.15, 0.2) is 11.6 Å². The van der Waals surface area contributed by atoms with Crippen LogP contribution in [-0.4, -0.2) is 30.6 Å². The van der Waals surface area contributed by atoms with E-state index in [1.165, 1.54) is 6.07 Å². The molecule has 0 N–H and O–H groups in total. The van der Waals surface area contributed by atoms with Gasteiger partial charge in [-0.3, -0.25) is 4.90 Å². The largest absolute Gasteiger partial charge is 0.485 e. The lowest BCUT2D eigenvalue weighted by atomic mass is 10.1. The van der Waals surface area contributed by atoms with Crippen molar-refractivity contribution in [3.8, 4) is 5.75 Å². The van der Waals surface area contributed by atoms with E-state index >= 15 is 0 Å². The zero-order valence-electron chi connectivity index (χ0n) is 11.2. The van der Waals surface area contributed by atoms with E-state index in [1.54, 1.807) is 12.1 Å². The smallest absolute Gasteiger partial charge is 0.166 e. The molecule has 0 bridgehead atoms. The fraction of sp³-hybridized carbons (Fsp3) is 0.571. The molecule has 1 fully saturated rings. The first kappa shape index (κ1) is 15.4. The second-order valence-electron chi connectivity index (χ2n) is 4.07. The Bertz CT molecular complexity index is 367. The van der Waals surface area contributed by atoms with Crippen LogP contribution in [0.4, 0.5) is 4.39 Å². The highest BCUT2D eigenvalue weighted by Crippen LogP contribution is 2.24. The first-order valence-electron chi connectivity index (χ1n) is 6.53. The predicted molar refractivity (Wildman–Crippen MR) is 76.6 cm³/mol. The zero-order valence-corrected chi connectivity index (χ0v) is 12.8. The number of hydrogen-bond acceptors (Lipinski definition) is 2. The topological polar surface area (TPSA) is 12.5 Å². The lowest BCUT2D eigenvalue weighted by Gasteiger charge is -2.38. The van der Waals surface area contributed by atoms with E-state index < -0.39 is 0 Å². The van der Waals surface area contributed by atoms with Crippen LogP contribution >= 0.6 is 15.9 Å². The molecule has 1 aliphatic rings. The van der Waals surface area contributed by atoms with Crippen LogP contribution in [0.1, 0.15) is 27.2 Å². The summed E-state index contributed by atoms with van der Waals surface area (Å²) in [6.07, 6.45) is 1.29. The van der Waals surface area contributed by atoms with Gasteiger partial charge in [-0.25, -0.2) is 4.39 Å². The number of hydrogen-bond donors (Lipinski definition) is 0. The van der Waals surface area contributed by atoms with Gasteiger partial charge in [-0.2, -0.15) is 0 Å². The molecule has 2 nitrogen and oxygen atoms in total. The first-order valence-corrected chi connectivity index (χ1v) is 7.32. The standard InChI is InChI=1S/C12H15BrFNO.C2H6/c1-2-5-15-7-10(8-15)16-12-4-3-9(13)6-11(12)14;1-2/h3-4,6,10H,2,5,7-8H2,1H3;1-2H3. The van der Waals surface area contributed by atoms with Crippen molar-refractivity contribution < 1.29 is 9.13 Å². The minimum absolute atomic E-state index is 0.141. The number of halogens is 2. The Hall–Kier alpha value is -0.610. The molecule has 0 atom stereocenters. The third kappa shape index (κ3) is 4.25. The Morgan fingerprint density at radius 1 is 1.39 bits per heavy atom. The molecule has 0 aliphatic carbocycles. The van der Waals surface area contributed by atoms with Crippen LogP contribution < -0.4 is 4.74 Å². The minimum atomic E-state index is -0.302. The summed E-state index contributed by atoms with van der Waals surface area (Å²) in [4.78, 5) is 2.31. The molecule has 1 heterocycles. The van der Waals surface area contributed by atoms with Crippen molar-refractivity contribution >= 4 is 15.9 Å². The van der Waals surface area contributed by atoms with Gasteiger partial charge in [0, 0.05) is 17.6 Å². The number of ether oxygens (including phenoxy) is 1. The van der Waals surface area contributed by atoms with Gasteiger partial charge in [0.2, 0.25) is 0 Å². The van der Waals surface area contributed by atoms with Gasteiger partial charge >= 0.3 is 0 Å². The molecule has 1 aromatic carbocycles. The van der Waals surface area contributed by atoms with Gasteiger partial charge in [0.05, 0.1) is 0 Å². The average molecular weight is 318 g/mol. The highest BCUT2D eigenvalue weighted by atomic mass is 79.9. The van der Waals surface area contributed by atoms with Gasteiger partial charge in [0.25, 0.3) is 0 Å². The van der Waals surface area contributed by atoms with Crippen molar-refractivity contribution in [2.75, 3.05) is 19.6 Å². The summed E-state index contributed by atoms with van der Waals surface area (Å²) in [7, 11) is 0. The Morgan fingerprint density at radius 3 is 2.61 bits per heavy atom. The molecule has 0 radical (unpaired) electrons. The molecule has 1 saturated heterocycles. The number of nitrogens with zero attached hydrogens (tertiary/aromatic N) is 1. The van der Waals surface area contributed by atoms with E-state index in [0.717, 1.165) is 30.5 Å². The molecule has 2 rings (SSSR count). The molecular weight excluding hydrogens is 297 g/mol. The molecule has 4 heteroatoms.